The number of hydrogen-bond acceptors (Lipinski definition) is 4. The molecule has 1 amide bonds. The Morgan fingerprint density at radius 1 is 1.14 bits per heavy atom. The number of carbonyl (C=O) groups is 2. The molecule has 0 saturated carbocycles. The number of carbonyl (C=O) groups excluding carboxylic acids is 1. The number of methoxy groups -OCH3 is 2. The van der Waals surface area contributed by atoms with E-state index in [1.54, 1.807) is 32.9 Å². The van der Waals surface area contributed by atoms with Gasteiger partial charge < -0.3 is 19.9 Å². The lowest BCUT2D eigenvalue weighted by atomic mass is 9.86. The lowest BCUT2D eigenvalue weighted by Gasteiger charge is -2.27. The second-order valence-electron chi connectivity index (χ2n) is 5.68. The summed E-state index contributed by atoms with van der Waals surface area (Å²) in [6, 6.07) is 3.67. The minimum Gasteiger partial charge on any atom is -0.493 e. The van der Waals surface area contributed by atoms with Gasteiger partial charge in [-0.15, -0.1) is 0 Å². The molecule has 1 aromatic carbocycles. The zero-order valence-electron chi connectivity index (χ0n) is 12.9. The average molecular weight is 295 g/mol. The summed E-state index contributed by atoms with van der Waals surface area (Å²) >= 11 is 0. The number of rotatable bonds is 5. The van der Waals surface area contributed by atoms with E-state index in [4.69, 9.17) is 9.47 Å². The van der Waals surface area contributed by atoms with Crippen molar-refractivity contribution in [2.45, 2.75) is 26.8 Å². The number of benzene rings is 1. The van der Waals surface area contributed by atoms with Crippen LogP contribution in [0.15, 0.2) is 18.2 Å². The largest absolute Gasteiger partial charge is 0.493 e. The van der Waals surface area contributed by atoms with Crippen molar-refractivity contribution < 1.29 is 24.2 Å². The second kappa shape index (κ2) is 6.47. The van der Waals surface area contributed by atoms with Crippen molar-refractivity contribution in [3.05, 3.63) is 23.8 Å². The molecule has 1 rings (SSSR count). The monoisotopic (exact) mass is 295 g/mol. The third-order valence-electron chi connectivity index (χ3n) is 3.03. The van der Waals surface area contributed by atoms with Crippen LogP contribution in [0.1, 0.15) is 31.1 Å². The lowest BCUT2D eigenvalue weighted by Crippen LogP contribution is -2.49. The minimum atomic E-state index is -1.07. The van der Waals surface area contributed by atoms with Crippen LogP contribution < -0.4 is 14.8 Å². The highest BCUT2D eigenvalue weighted by Gasteiger charge is 2.32. The fourth-order valence-corrected chi connectivity index (χ4v) is 1.84. The maximum Gasteiger partial charge on any atom is 0.326 e. The van der Waals surface area contributed by atoms with Gasteiger partial charge in [-0.3, -0.25) is 4.79 Å². The Bertz CT molecular complexity index is 533. The van der Waals surface area contributed by atoms with Gasteiger partial charge in [-0.05, 0) is 23.6 Å². The van der Waals surface area contributed by atoms with Crippen LogP contribution in [-0.2, 0) is 4.79 Å². The number of aliphatic carboxylic acids is 1. The first-order valence-electron chi connectivity index (χ1n) is 6.46. The first kappa shape index (κ1) is 16.8. The molecule has 0 saturated heterocycles. The lowest BCUT2D eigenvalue weighted by molar-refractivity contribution is -0.142. The first-order valence-corrected chi connectivity index (χ1v) is 6.46. The molecular formula is C15H21NO5. The fourth-order valence-electron chi connectivity index (χ4n) is 1.84. The van der Waals surface area contributed by atoms with E-state index in [9.17, 15) is 14.7 Å². The van der Waals surface area contributed by atoms with Crippen LogP contribution in [0.25, 0.3) is 0 Å². The van der Waals surface area contributed by atoms with Gasteiger partial charge in [-0.1, -0.05) is 20.8 Å². The normalized spacial score (nSPS) is 12.4. The first-order chi connectivity index (χ1) is 9.70. The van der Waals surface area contributed by atoms with Crippen LogP contribution in [0.5, 0.6) is 11.5 Å². The molecule has 0 spiro atoms. The van der Waals surface area contributed by atoms with Crippen molar-refractivity contribution in [1.29, 1.82) is 0 Å². The van der Waals surface area contributed by atoms with E-state index in [1.807, 2.05) is 0 Å². The van der Waals surface area contributed by atoms with Crippen molar-refractivity contribution >= 4 is 11.9 Å². The van der Waals surface area contributed by atoms with E-state index < -0.39 is 23.3 Å². The molecule has 0 aromatic heterocycles. The molecule has 2 N–H and O–H groups in total. The minimum absolute atomic E-state index is 0.308. The third-order valence-corrected chi connectivity index (χ3v) is 3.03. The van der Waals surface area contributed by atoms with Gasteiger partial charge in [-0.2, -0.15) is 0 Å². The summed E-state index contributed by atoms with van der Waals surface area (Å²) in [4.78, 5) is 23.5. The number of hydrogen-bond donors (Lipinski definition) is 2. The van der Waals surface area contributed by atoms with Crippen molar-refractivity contribution in [3.8, 4) is 11.5 Å². The van der Waals surface area contributed by atoms with E-state index in [0.29, 0.717) is 17.1 Å². The van der Waals surface area contributed by atoms with E-state index in [-0.39, 0.29) is 0 Å². The molecular weight excluding hydrogens is 274 g/mol. The summed E-state index contributed by atoms with van der Waals surface area (Å²) in [6.45, 7) is 5.25. The van der Waals surface area contributed by atoms with Crippen LogP contribution in [-0.4, -0.2) is 37.2 Å². The molecule has 0 aliphatic heterocycles. The van der Waals surface area contributed by atoms with Gasteiger partial charge >= 0.3 is 5.97 Å². The molecule has 1 atom stereocenters. The van der Waals surface area contributed by atoms with E-state index >= 15 is 0 Å². The van der Waals surface area contributed by atoms with Crippen LogP contribution in [0, 0.1) is 5.41 Å². The number of ether oxygens (including phenoxy) is 2. The zero-order valence-corrected chi connectivity index (χ0v) is 12.9. The van der Waals surface area contributed by atoms with Crippen molar-refractivity contribution in [1.82, 2.24) is 5.32 Å². The van der Waals surface area contributed by atoms with Crippen molar-refractivity contribution in [2.75, 3.05) is 14.2 Å². The highest BCUT2D eigenvalue weighted by molar-refractivity contribution is 5.97. The maximum atomic E-state index is 12.2. The molecule has 0 aliphatic carbocycles. The smallest absolute Gasteiger partial charge is 0.326 e. The molecule has 1 aromatic rings. The molecule has 6 heteroatoms. The molecule has 21 heavy (non-hydrogen) atoms. The SMILES string of the molecule is COc1ccc(C(=O)N[C@H](C(=O)O)C(C)(C)C)cc1OC. The van der Waals surface area contributed by atoms with Gasteiger partial charge in [0.1, 0.15) is 6.04 Å². The summed E-state index contributed by atoms with van der Waals surface area (Å²) in [6.07, 6.45) is 0. The van der Waals surface area contributed by atoms with Gasteiger partial charge in [0.25, 0.3) is 5.91 Å². The van der Waals surface area contributed by atoms with Crippen molar-refractivity contribution in [2.24, 2.45) is 5.41 Å². The number of carboxylic acids is 1. The van der Waals surface area contributed by atoms with Crippen molar-refractivity contribution in [3.63, 3.8) is 0 Å². The Labute approximate surface area is 124 Å². The van der Waals surface area contributed by atoms with Crippen LogP contribution in [0.4, 0.5) is 0 Å². The molecule has 0 unspecified atom stereocenters. The van der Waals surface area contributed by atoms with E-state index in [1.165, 1.54) is 20.3 Å². The molecule has 116 valence electrons. The fraction of sp³-hybridized carbons (Fsp3) is 0.467. The van der Waals surface area contributed by atoms with Gasteiger partial charge in [0, 0.05) is 5.56 Å². The Kier molecular flexibility index (Phi) is 5.18. The van der Waals surface area contributed by atoms with Gasteiger partial charge in [0.05, 0.1) is 14.2 Å². The Balaban J connectivity index is 3.01. The highest BCUT2D eigenvalue weighted by Crippen LogP contribution is 2.28. The summed E-state index contributed by atoms with van der Waals surface area (Å²) in [7, 11) is 2.96. The quantitative estimate of drug-likeness (QED) is 0.867. The van der Waals surface area contributed by atoms with Gasteiger partial charge in [0.2, 0.25) is 0 Å². The molecule has 0 fully saturated rings. The molecule has 6 nitrogen and oxygen atoms in total. The Morgan fingerprint density at radius 3 is 2.14 bits per heavy atom. The van der Waals surface area contributed by atoms with Crippen LogP contribution in [0.2, 0.25) is 0 Å². The van der Waals surface area contributed by atoms with Gasteiger partial charge in [0.15, 0.2) is 11.5 Å². The zero-order chi connectivity index (χ0) is 16.2. The molecule has 0 aliphatic rings. The highest BCUT2D eigenvalue weighted by atomic mass is 16.5. The summed E-state index contributed by atoms with van der Waals surface area (Å²) in [5.41, 5.74) is -0.291. The predicted molar refractivity (Wildman–Crippen MR) is 77.9 cm³/mol. The number of carboxylic acid groups (broad SMARTS) is 1. The topological polar surface area (TPSA) is 84.9 Å². The third kappa shape index (κ3) is 4.11. The average Bonchev–Trinajstić information content (AvgIpc) is 2.41. The summed E-state index contributed by atoms with van der Waals surface area (Å²) in [5.74, 6) is -0.637. The van der Waals surface area contributed by atoms with Crippen LogP contribution in [0.3, 0.4) is 0 Å². The molecule has 0 heterocycles. The summed E-state index contributed by atoms with van der Waals surface area (Å²) < 4.78 is 10.2. The standard InChI is InChI=1S/C15H21NO5/c1-15(2,3)12(14(18)19)16-13(17)9-6-7-10(20-4)11(8-9)21-5/h6-8,12H,1-5H3,(H,16,17)(H,18,19)/t12-/m1/s1. The van der Waals surface area contributed by atoms with E-state index in [2.05, 4.69) is 5.32 Å². The number of nitrogens with one attached hydrogen (secondary N) is 1. The summed E-state index contributed by atoms with van der Waals surface area (Å²) in [5, 5.41) is 11.8. The predicted octanol–water partition coefficient (Wildman–Crippen LogP) is 1.93. The van der Waals surface area contributed by atoms with Crippen LogP contribution >= 0.6 is 0 Å². The van der Waals surface area contributed by atoms with E-state index in [0.717, 1.165) is 0 Å². The maximum absolute atomic E-state index is 12.2. The second-order valence-corrected chi connectivity index (χ2v) is 5.68. The molecule has 0 radical (unpaired) electrons. The Hall–Kier alpha value is -2.24. The molecule has 0 bridgehead atoms. The van der Waals surface area contributed by atoms with Gasteiger partial charge in [-0.25, -0.2) is 4.79 Å². The Morgan fingerprint density at radius 2 is 1.71 bits per heavy atom. The number of amides is 1.